The van der Waals surface area contributed by atoms with Gasteiger partial charge in [-0.15, -0.1) is 0 Å². The van der Waals surface area contributed by atoms with Gasteiger partial charge in [-0.25, -0.2) is 0 Å². The summed E-state index contributed by atoms with van der Waals surface area (Å²) in [6.45, 7) is 6.09. The Balaban J connectivity index is 0. The first-order valence-corrected chi connectivity index (χ1v) is 15.6. The number of hydrogen-bond acceptors (Lipinski definition) is 7. The third-order valence-electron chi connectivity index (χ3n) is 6.12. The van der Waals surface area contributed by atoms with Crippen LogP contribution in [0.2, 0.25) is 0 Å². The number of nitrogens with one attached hydrogen (secondary N) is 1. The van der Waals surface area contributed by atoms with Crippen molar-refractivity contribution in [3.05, 3.63) is 0 Å². The largest absolute Gasteiger partial charge is 0.465 e. The van der Waals surface area contributed by atoms with Crippen LogP contribution in [0.15, 0.2) is 0 Å². The molecule has 0 aromatic heterocycles. The van der Waals surface area contributed by atoms with E-state index in [-0.39, 0.29) is 32.8 Å². The fourth-order valence-corrected chi connectivity index (χ4v) is 4.77. The fourth-order valence-electron chi connectivity index (χ4n) is 4.00. The molecule has 0 spiro atoms. The zero-order valence-electron chi connectivity index (χ0n) is 23.0. The van der Waals surface area contributed by atoms with Crippen LogP contribution in [0.1, 0.15) is 110 Å². The van der Waals surface area contributed by atoms with Gasteiger partial charge in [-0.2, -0.15) is 8.42 Å². The van der Waals surface area contributed by atoms with E-state index in [1.165, 1.54) is 64.2 Å². The highest BCUT2D eigenvalue weighted by Gasteiger charge is 2.31. The Bertz CT molecular complexity index is 560. The number of unbranched alkanes of at least 4 members (excludes halogenated alkanes) is 13. The molecule has 10 heteroatoms. The molecule has 5 N–H and O–H groups in total. The molecule has 0 aliphatic heterocycles. The molecule has 0 saturated carbocycles. The number of esters is 1. The molecular weight excluding hydrogens is 486 g/mol. The van der Waals surface area contributed by atoms with Gasteiger partial charge in [0.25, 0.3) is 10.1 Å². The van der Waals surface area contributed by atoms with Crippen molar-refractivity contribution in [2.24, 2.45) is 0 Å². The zero-order chi connectivity index (χ0) is 27.5. The van der Waals surface area contributed by atoms with Crippen LogP contribution in [0, 0.1) is 0 Å². The maximum Gasteiger partial charge on any atom is 0.326 e. The van der Waals surface area contributed by atoms with Crippen molar-refractivity contribution in [1.82, 2.24) is 0 Å². The van der Waals surface area contributed by atoms with Crippen LogP contribution in [-0.4, -0.2) is 85.6 Å². The average Bonchev–Trinajstić information content (AvgIpc) is 2.82. The molecule has 0 aliphatic rings. The quantitative estimate of drug-likeness (QED) is 0.0711. The van der Waals surface area contributed by atoms with Crippen molar-refractivity contribution in [3.8, 4) is 0 Å². The number of aliphatic hydroxyl groups is 3. The van der Waals surface area contributed by atoms with E-state index in [2.05, 4.69) is 6.92 Å². The maximum atomic E-state index is 11.6. The van der Waals surface area contributed by atoms with Crippen LogP contribution >= 0.6 is 0 Å². The fraction of sp³-hybridized carbons (Fsp3) is 0.962. The number of rotatable bonds is 24. The molecule has 0 aliphatic carbocycles. The Labute approximate surface area is 220 Å². The molecule has 0 amide bonds. The molecule has 1 unspecified atom stereocenters. The average molecular weight is 543 g/mol. The second-order valence-electron chi connectivity index (χ2n) is 9.31. The summed E-state index contributed by atoms with van der Waals surface area (Å²) in [5.74, 6) is -0.843. The molecule has 0 radical (unpaired) electrons. The molecule has 0 rings (SSSR count). The summed E-state index contributed by atoms with van der Waals surface area (Å²) in [4.78, 5) is 12.6. The minimum absolute atomic E-state index is 0.106. The third-order valence-corrected chi connectivity index (χ3v) is 7.27. The molecule has 0 aromatic rings. The predicted molar refractivity (Wildman–Crippen MR) is 144 cm³/mol. The van der Waals surface area contributed by atoms with Gasteiger partial charge in [0.2, 0.25) is 0 Å². The van der Waals surface area contributed by atoms with Gasteiger partial charge in [-0.1, -0.05) is 96.8 Å². The zero-order valence-corrected chi connectivity index (χ0v) is 23.8. The van der Waals surface area contributed by atoms with E-state index in [4.69, 9.17) is 24.6 Å². The molecule has 1 atom stereocenters. The van der Waals surface area contributed by atoms with Crippen LogP contribution in [-0.2, 0) is 19.6 Å². The van der Waals surface area contributed by atoms with Gasteiger partial charge in [0.15, 0.2) is 5.25 Å². The van der Waals surface area contributed by atoms with E-state index >= 15 is 0 Å². The standard InChI is InChI=1S/C20H40O5S.C6H15NO3/c1-3-5-6-7-8-9-10-11-12-13-14-15-16-17-18-19(26(22,23)24)20(21)25-4-2;8-4-1-7(2-5-9)3-6-10/h19H,3-18H2,1-2H3,(H,22,23,24);8-10H,1-6H2/p+1. The van der Waals surface area contributed by atoms with E-state index in [1.807, 2.05) is 0 Å². The van der Waals surface area contributed by atoms with Crippen LogP contribution < -0.4 is 4.90 Å². The third kappa shape index (κ3) is 24.9. The first-order valence-electron chi connectivity index (χ1n) is 14.1. The van der Waals surface area contributed by atoms with E-state index in [9.17, 15) is 13.2 Å². The number of quaternary nitrogens is 1. The topological polar surface area (TPSA) is 146 Å². The molecule has 9 nitrogen and oxygen atoms in total. The second kappa shape index (κ2) is 27.3. The molecule has 0 fully saturated rings. The van der Waals surface area contributed by atoms with Gasteiger partial charge in [-0.3, -0.25) is 9.35 Å². The van der Waals surface area contributed by atoms with Crippen molar-refractivity contribution < 1.29 is 42.7 Å². The van der Waals surface area contributed by atoms with E-state index < -0.39 is 21.3 Å². The lowest BCUT2D eigenvalue weighted by Crippen LogP contribution is -3.13. The second-order valence-corrected chi connectivity index (χ2v) is 10.9. The molecule has 36 heavy (non-hydrogen) atoms. The normalized spacial score (nSPS) is 12.3. The summed E-state index contributed by atoms with van der Waals surface area (Å²) in [5.41, 5.74) is 0. The minimum Gasteiger partial charge on any atom is -0.465 e. The lowest BCUT2D eigenvalue weighted by molar-refractivity contribution is -0.901. The van der Waals surface area contributed by atoms with E-state index in [1.54, 1.807) is 6.92 Å². The highest BCUT2D eigenvalue weighted by Crippen LogP contribution is 2.16. The van der Waals surface area contributed by atoms with Gasteiger partial charge in [0.05, 0.1) is 26.4 Å². The van der Waals surface area contributed by atoms with Crippen LogP contribution in [0.3, 0.4) is 0 Å². The van der Waals surface area contributed by atoms with Gasteiger partial charge in [-0.05, 0) is 13.3 Å². The number of carbonyl (C=O) groups excluding carboxylic acids is 1. The van der Waals surface area contributed by atoms with Gasteiger partial charge in [0, 0.05) is 0 Å². The van der Waals surface area contributed by atoms with Gasteiger partial charge < -0.3 is 25.0 Å². The summed E-state index contributed by atoms with van der Waals surface area (Å²) in [6, 6.07) is 0. The Kier molecular flexibility index (Phi) is 28.3. The summed E-state index contributed by atoms with van der Waals surface area (Å²) >= 11 is 0. The summed E-state index contributed by atoms with van der Waals surface area (Å²) < 4.78 is 36.4. The van der Waals surface area contributed by atoms with Gasteiger partial charge >= 0.3 is 5.97 Å². The van der Waals surface area contributed by atoms with E-state index in [0.29, 0.717) is 26.1 Å². The Morgan fingerprint density at radius 2 is 1.06 bits per heavy atom. The van der Waals surface area contributed by atoms with Crippen LogP contribution in [0.4, 0.5) is 0 Å². The van der Waals surface area contributed by atoms with Crippen LogP contribution in [0.25, 0.3) is 0 Å². The van der Waals surface area contributed by atoms with Crippen LogP contribution in [0.5, 0.6) is 0 Å². The summed E-state index contributed by atoms with van der Waals surface area (Å²) in [5, 5.41) is 24.1. The molecule has 0 saturated heterocycles. The number of aliphatic hydroxyl groups excluding tert-OH is 3. The van der Waals surface area contributed by atoms with Crippen molar-refractivity contribution in [3.63, 3.8) is 0 Å². The van der Waals surface area contributed by atoms with Crippen molar-refractivity contribution >= 4 is 16.1 Å². The molecular formula is C26H56NO8S+. The number of hydrogen-bond donors (Lipinski definition) is 5. The summed E-state index contributed by atoms with van der Waals surface area (Å²) in [7, 11) is -4.38. The highest BCUT2D eigenvalue weighted by atomic mass is 32.2. The lowest BCUT2D eigenvalue weighted by Gasteiger charge is -2.15. The molecule has 0 heterocycles. The minimum atomic E-state index is -4.38. The summed E-state index contributed by atoms with van der Waals surface area (Å²) in [6.07, 6.45) is 17.1. The maximum absolute atomic E-state index is 11.6. The van der Waals surface area contributed by atoms with Crippen molar-refractivity contribution in [2.75, 3.05) is 46.1 Å². The lowest BCUT2D eigenvalue weighted by atomic mass is 10.0. The first-order chi connectivity index (χ1) is 17.3. The van der Waals surface area contributed by atoms with Gasteiger partial charge in [0.1, 0.15) is 19.6 Å². The molecule has 0 bridgehead atoms. The monoisotopic (exact) mass is 542 g/mol. The predicted octanol–water partition coefficient (Wildman–Crippen LogP) is 2.53. The first kappa shape index (κ1) is 37.4. The smallest absolute Gasteiger partial charge is 0.326 e. The number of ether oxygens (including phenoxy) is 1. The van der Waals surface area contributed by atoms with Crippen molar-refractivity contribution in [1.29, 1.82) is 0 Å². The Morgan fingerprint density at radius 3 is 1.36 bits per heavy atom. The molecule has 218 valence electrons. The van der Waals surface area contributed by atoms with E-state index in [0.717, 1.165) is 24.2 Å². The Morgan fingerprint density at radius 1 is 0.694 bits per heavy atom. The Hall–Kier alpha value is -0.780. The van der Waals surface area contributed by atoms with Crippen molar-refractivity contribution in [2.45, 2.75) is 115 Å². The number of carbonyl (C=O) groups is 1. The molecule has 0 aromatic carbocycles. The highest BCUT2D eigenvalue weighted by molar-refractivity contribution is 7.87. The SMILES string of the molecule is CCCCCCCCCCCCCCCCC(C(=O)OCC)S(=O)(=O)O.OCC[NH+](CCO)CCO.